The van der Waals surface area contributed by atoms with E-state index in [-0.39, 0.29) is 5.91 Å². The third-order valence-electron chi connectivity index (χ3n) is 5.25. The highest BCUT2D eigenvalue weighted by Gasteiger charge is 2.35. The summed E-state index contributed by atoms with van der Waals surface area (Å²) in [5, 5.41) is 11.5. The van der Waals surface area contributed by atoms with Crippen molar-refractivity contribution in [3.05, 3.63) is 101 Å². The zero-order valence-electron chi connectivity index (χ0n) is 17.2. The van der Waals surface area contributed by atoms with Crippen LogP contribution in [0, 0.1) is 0 Å². The second kappa shape index (κ2) is 8.28. The lowest BCUT2D eigenvalue weighted by Crippen LogP contribution is -2.31. The zero-order valence-corrected chi connectivity index (χ0v) is 17.9. The number of anilines is 2. The van der Waals surface area contributed by atoms with E-state index in [0.29, 0.717) is 33.8 Å². The lowest BCUT2D eigenvalue weighted by Gasteiger charge is -2.29. The minimum absolute atomic E-state index is 0.268. The second-order valence-corrected chi connectivity index (χ2v) is 7.76. The Balaban J connectivity index is 1.63. The molecule has 0 aliphatic carbocycles. The maximum atomic E-state index is 13.4. The fourth-order valence-electron chi connectivity index (χ4n) is 3.77. The van der Waals surface area contributed by atoms with Crippen LogP contribution in [0.3, 0.4) is 0 Å². The second-order valence-electron chi connectivity index (χ2n) is 7.35. The molecule has 0 radical (unpaired) electrons. The van der Waals surface area contributed by atoms with Crippen molar-refractivity contribution in [3.63, 3.8) is 0 Å². The lowest BCUT2D eigenvalue weighted by atomic mass is 9.95. The third kappa shape index (κ3) is 3.63. The molecular weight excluding hydrogens is 424 g/mol. The number of hydrogen-bond donors (Lipinski definition) is 2. The van der Waals surface area contributed by atoms with Crippen molar-refractivity contribution in [1.29, 1.82) is 0 Å². The molecule has 2 N–H and O–H groups in total. The number of benzene rings is 2. The van der Waals surface area contributed by atoms with E-state index in [1.165, 1.54) is 0 Å². The summed E-state index contributed by atoms with van der Waals surface area (Å²) < 4.78 is 1.72. The SMILES string of the molecule is CC1=C(C(=O)Nc2cccnc2)[C@@H](c2ccccc2Cl)n2nc(-c3ccccc3)nc2N1. The van der Waals surface area contributed by atoms with E-state index >= 15 is 0 Å². The molecule has 1 amide bonds. The van der Waals surface area contributed by atoms with Crippen molar-refractivity contribution in [3.8, 4) is 11.4 Å². The number of carbonyl (C=O) groups is 1. The Morgan fingerprint density at radius 1 is 1.06 bits per heavy atom. The van der Waals surface area contributed by atoms with Crippen molar-refractivity contribution >= 4 is 29.1 Å². The summed E-state index contributed by atoms with van der Waals surface area (Å²) in [6.45, 7) is 1.85. The number of allylic oxidation sites excluding steroid dienone is 1. The van der Waals surface area contributed by atoms with Gasteiger partial charge in [-0.3, -0.25) is 9.78 Å². The van der Waals surface area contributed by atoms with Gasteiger partial charge in [-0.1, -0.05) is 60.1 Å². The van der Waals surface area contributed by atoms with Crippen LogP contribution in [0.15, 0.2) is 90.4 Å². The van der Waals surface area contributed by atoms with Gasteiger partial charge in [-0.15, -0.1) is 5.10 Å². The van der Waals surface area contributed by atoms with E-state index in [1.807, 2.05) is 55.5 Å². The molecule has 32 heavy (non-hydrogen) atoms. The first-order valence-electron chi connectivity index (χ1n) is 10.1. The Labute approximate surface area is 189 Å². The molecule has 0 bridgehead atoms. The van der Waals surface area contributed by atoms with Gasteiger partial charge in [0.05, 0.1) is 17.5 Å². The molecule has 4 aromatic rings. The number of pyridine rings is 1. The number of fused-ring (bicyclic) bond motifs is 1. The van der Waals surface area contributed by atoms with Gasteiger partial charge >= 0.3 is 0 Å². The largest absolute Gasteiger partial charge is 0.328 e. The number of halogens is 1. The average Bonchev–Trinajstić information content (AvgIpc) is 3.23. The molecular formula is C24H19ClN6O. The standard InChI is InChI=1S/C24H19ClN6O/c1-15-20(23(32)28-17-10-7-13-26-14-17)21(18-11-5-6-12-19(18)25)31-24(27-15)29-22(30-31)16-8-3-2-4-9-16/h2-14,21H,1H3,(H,28,32)(H,27,29,30)/t21-/m1/s1. The number of nitrogens with one attached hydrogen (secondary N) is 2. The minimum atomic E-state index is -0.554. The average molecular weight is 443 g/mol. The Hall–Kier alpha value is -3.97. The van der Waals surface area contributed by atoms with Crippen molar-refractivity contribution < 1.29 is 4.79 Å². The van der Waals surface area contributed by atoms with Gasteiger partial charge in [-0.25, -0.2) is 4.68 Å². The van der Waals surface area contributed by atoms with Crippen LogP contribution in [0.5, 0.6) is 0 Å². The zero-order chi connectivity index (χ0) is 22.1. The van der Waals surface area contributed by atoms with Crippen LogP contribution < -0.4 is 10.6 Å². The molecule has 0 unspecified atom stereocenters. The molecule has 1 aliphatic rings. The van der Waals surface area contributed by atoms with Crippen LogP contribution in [-0.2, 0) is 4.79 Å². The quantitative estimate of drug-likeness (QED) is 0.468. The molecule has 1 atom stereocenters. The van der Waals surface area contributed by atoms with Gasteiger partial charge in [0.2, 0.25) is 5.95 Å². The number of aromatic nitrogens is 4. The van der Waals surface area contributed by atoms with E-state index in [0.717, 1.165) is 11.1 Å². The van der Waals surface area contributed by atoms with E-state index in [9.17, 15) is 4.79 Å². The highest BCUT2D eigenvalue weighted by molar-refractivity contribution is 6.31. The van der Waals surface area contributed by atoms with Gasteiger partial charge in [0, 0.05) is 28.0 Å². The Bertz CT molecular complexity index is 1320. The normalized spacial score (nSPS) is 15.1. The molecule has 5 rings (SSSR count). The van der Waals surface area contributed by atoms with Crippen molar-refractivity contribution in [1.82, 2.24) is 19.7 Å². The molecule has 7 nitrogen and oxygen atoms in total. The van der Waals surface area contributed by atoms with E-state index in [4.69, 9.17) is 16.7 Å². The summed E-state index contributed by atoms with van der Waals surface area (Å²) in [6, 6.07) is 20.2. The Morgan fingerprint density at radius 2 is 1.84 bits per heavy atom. The number of rotatable bonds is 4. The van der Waals surface area contributed by atoms with E-state index in [2.05, 4.69) is 20.6 Å². The topological polar surface area (TPSA) is 84.7 Å². The molecule has 2 aromatic carbocycles. The molecule has 0 spiro atoms. The highest BCUT2D eigenvalue weighted by atomic mass is 35.5. The minimum Gasteiger partial charge on any atom is -0.328 e. The fraction of sp³-hybridized carbons (Fsp3) is 0.0833. The summed E-state index contributed by atoms with van der Waals surface area (Å²) in [6.07, 6.45) is 3.25. The van der Waals surface area contributed by atoms with Gasteiger partial charge in [0.1, 0.15) is 6.04 Å². The molecule has 8 heteroatoms. The fourth-order valence-corrected chi connectivity index (χ4v) is 4.01. The van der Waals surface area contributed by atoms with Crippen LogP contribution in [0.1, 0.15) is 18.5 Å². The van der Waals surface area contributed by atoms with E-state index < -0.39 is 6.04 Å². The van der Waals surface area contributed by atoms with E-state index in [1.54, 1.807) is 35.3 Å². The predicted octanol–water partition coefficient (Wildman–Crippen LogP) is 4.92. The van der Waals surface area contributed by atoms with Crippen molar-refractivity contribution in [2.45, 2.75) is 13.0 Å². The third-order valence-corrected chi connectivity index (χ3v) is 5.59. The lowest BCUT2D eigenvalue weighted by molar-refractivity contribution is -0.113. The van der Waals surface area contributed by atoms with Crippen molar-refractivity contribution in [2.75, 3.05) is 10.6 Å². The first-order chi connectivity index (χ1) is 15.6. The molecule has 0 saturated carbocycles. The summed E-state index contributed by atoms with van der Waals surface area (Å²) >= 11 is 6.58. The number of hydrogen-bond acceptors (Lipinski definition) is 5. The Kier molecular flexibility index (Phi) is 5.17. The van der Waals surface area contributed by atoms with Gasteiger partial charge in [0.25, 0.3) is 5.91 Å². The number of carbonyl (C=O) groups excluding carboxylic acids is 1. The van der Waals surface area contributed by atoms with Gasteiger partial charge in [-0.2, -0.15) is 4.98 Å². The highest BCUT2D eigenvalue weighted by Crippen LogP contribution is 2.39. The summed E-state index contributed by atoms with van der Waals surface area (Å²) in [7, 11) is 0. The summed E-state index contributed by atoms with van der Waals surface area (Å²) in [5.74, 6) is 0.839. The monoisotopic (exact) mass is 442 g/mol. The molecule has 2 aromatic heterocycles. The first kappa shape index (κ1) is 20.0. The van der Waals surface area contributed by atoms with Crippen LogP contribution in [0.4, 0.5) is 11.6 Å². The smallest absolute Gasteiger partial charge is 0.255 e. The first-order valence-corrected chi connectivity index (χ1v) is 10.4. The summed E-state index contributed by atoms with van der Waals surface area (Å²) in [4.78, 5) is 22.2. The molecule has 158 valence electrons. The van der Waals surface area contributed by atoms with Crippen LogP contribution in [-0.4, -0.2) is 25.7 Å². The molecule has 1 aliphatic heterocycles. The molecule has 3 heterocycles. The molecule has 0 fully saturated rings. The Morgan fingerprint density at radius 3 is 2.59 bits per heavy atom. The van der Waals surface area contributed by atoms with Crippen LogP contribution >= 0.6 is 11.6 Å². The van der Waals surface area contributed by atoms with Gasteiger partial charge in [0.15, 0.2) is 5.82 Å². The maximum Gasteiger partial charge on any atom is 0.255 e. The number of nitrogens with zero attached hydrogens (tertiary/aromatic N) is 4. The van der Waals surface area contributed by atoms with Gasteiger partial charge in [-0.05, 0) is 25.1 Å². The van der Waals surface area contributed by atoms with Crippen LogP contribution in [0.2, 0.25) is 5.02 Å². The molecule has 0 saturated heterocycles. The van der Waals surface area contributed by atoms with Gasteiger partial charge < -0.3 is 10.6 Å². The number of amides is 1. The van der Waals surface area contributed by atoms with Crippen molar-refractivity contribution in [2.24, 2.45) is 0 Å². The predicted molar refractivity (Wildman–Crippen MR) is 124 cm³/mol. The van der Waals surface area contributed by atoms with Crippen LogP contribution in [0.25, 0.3) is 11.4 Å². The summed E-state index contributed by atoms with van der Waals surface area (Å²) in [5.41, 5.74) is 3.42. The maximum absolute atomic E-state index is 13.4.